The highest BCUT2D eigenvalue weighted by atomic mass is 16.8. The molecule has 1 aliphatic heterocycles. The van der Waals surface area contributed by atoms with E-state index in [0.717, 1.165) is 18.4 Å². The fraction of sp³-hybridized carbons (Fsp3) is 0.350. The Morgan fingerprint density at radius 3 is 1.92 bits per heavy atom. The maximum Gasteiger partial charge on any atom is 0.338 e. The van der Waals surface area contributed by atoms with Crippen LogP contribution in [0.5, 0.6) is 0 Å². The van der Waals surface area contributed by atoms with Gasteiger partial charge in [-0.3, -0.25) is 0 Å². The van der Waals surface area contributed by atoms with Crippen molar-refractivity contribution in [2.75, 3.05) is 14.2 Å². The summed E-state index contributed by atoms with van der Waals surface area (Å²) >= 11 is 0. The van der Waals surface area contributed by atoms with Crippen LogP contribution in [0, 0.1) is 0 Å². The van der Waals surface area contributed by atoms with E-state index in [9.17, 15) is 4.79 Å². The fourth-order valence-corrected chi connectivity index (χ4v) is 2.31. The number of carbonyl (C=O) groups excluding carboxylic acids is 1. The highest BCUT2D eigenvalue weighted by Crippen LogP contribution is 2.19. The third kappa shape index (κ3) is 6.66. The Morgan fingerprint density at radius 1 is 0.920 bits per heavy atom. The lowest BCUT2D eigenvalue weighted by Gasteiger charge is -2.09. The zero-order valence-electron chi connectivity index (χ0n) is 14.6. The second-order valence-electron chi connectivity index (χ2n) is 5.47. The summed E-state index contributed by atoms with van der Waals surface area (Å²) in [5.74, 6) is -0.288. The van der Waals surface area contributed by atoms with Crippen molar-refractivity contribution in [2.24, 2.45) is 0 Å². The molecular weight excluding hydrogens is 320 g/mol. The molecule has 0 saturated carbocycles. The van der Waals surface area contributed by atoms with E-state index in [1.165, 1.54) is 0 Å². The first-order valence-electron chi connectivity index (χ1n) is 8.20. The minimum atomic E-state index is -0.288. The van der Waals surface area contributed by atoms with Crippen molar-refractivity contribution in [2.45, 2.75) is 32.0 Å². The summed E-state index contributed by atoms with van der Waals surface area (Å²) in [4.78, 5) is 11.6. The van der Waals surface area contributed by atoms with Crippen molar-refractivity contribution < 1.29 is 23.7 Å². The van der Waals surface area contributed by atoms with Gasteiger partial charge in [0, 0.05) is 27.1 Å². The fourth-order valence-electron chi connectivity index (χ4n) is 2.31. The van der Waals surface area contributed by atoms with Gasteiger partial charge < -0.3 is 18.9 Å². The zero-order valence-corrected chi connectivity index (χ0v) is 14.6. The van der Waals surface area contributed by atoms with E-state index in [0.29, 0.717) is 12.2 Å². The predicted molar refractivity (Wildman–Crippen MR) is 93.9 cm³/mol. The van der Waals surface area contributed by atoms with Crippen molar-refractivity contribution in [3.05, 3.63) is 71.8 Å². The molecule has 0 aliphatic carbocycles. The zero-order chi connectivity index (χ0) is 17.9. The summed E-state index contributed by atoms with van der Waals surface area (Å²) in [6.07, 6.45) is 1.79. The molecule has 2 unspecified atom stereocenters. The van der Waals surface area contributed by atoms with Crippen LogP contribution in [0.3, 0.4) is 0 Å². The molecule has 0 bridgehead atoms. The molecule has 0 amide bonds. The largest absolute Gasteiger partial charge is 0.457 e. The number of hydrogen-bond acceptors (Lipinski definition) is 5. The predicted octanol–water partition coefficient (Wildman–Crippen LogP) is 3.79. The van der Waals surface area contributed by atoms with Crippen LogP contribution in [0.1, 0.15) is 28.8 Å². The Labute approximate surface area is 148 Å². The molecule has 0 radical (unpaired) electrons. The van der Waals surface area contributed by atoms with E-state index < -0.39 is 0 Å². The number of ether oxygens (including phenoxy) is 4. The van der Waals surface area contributed by atoms with Gasteiger partial charge in [-0.2, -0.15) is 0 Å². The van der Waals surface area contributed by atoms with E-state index in [2.05, 4.69) is 0 Å². The highest BCUT2D eigenvalue weighted by molar-refractivity contribution is 5.89. The summed E-state index contributed by atoms with van der Waals surface area (Å²) < 4.78 is 20.3. The van der Waals surface area contributed by atoms with Crippen LogP contribution in [0.25, 0.3) is 0 Å². The van der Waals surface area contributed by atoms with Crippen LogP contribution in [0.4, 0.5) is 0 Å². The Balaban J connectivity index is 0.000000212. The quantitative estimate of drug-likeness (QED) is 0.773. The van der Waals surface area contributed by atoms with Crippen molar-refractivity contribution in [1.29, 1.82) is 0 Å². The van der Waals surface area contributed by atoms with Crippen molar-refractivity contribution in [1.82, 2.24) is 0 Å². The Bertz CT molecular complexity index is 604. The molecule has 3 rings (SSSR count). The minimum Gasteiger partial charge on any atom is -0.457 e. The SMILES string of the molecule is COC1CCC(OC)O1.O=C(OCc1ccccc1)c1ccccc1. The van der Waals surface area contributed by atoms with Gasteiger partial charge >= 0.3 is 5.97 Å². The van der Waals surface area contributed by atoms with Crippen LogP contribution in [0.2, 0.25) is 0 Å². The topological polar surface area (TPSA) is 54.0 Å². The average molecular weight is 344 g/mol. The average Bonchev–Trinajstić information content (AvgIpc) is 3.16. The van der Waals surface area contributed by atoms with Crippen molar-refractivity contribution >= 4 is 5.97 Å². The molecule has 2 aromatic rings. The van der Waals surface area contributed by atoms with Crippen molar-refractivity contribution in [3.63, 3.8) is 0 Å². The molecule has 0 spiro atoms. The third-order valence-electron chi connectivity index (χ3n) is 3.69. The highest BCUT2D eigenvalue weighted by Gasteiger charge is 2.23. The van der Waals surface area contributed by atoms with E-state index >= 15 is 0 Å². The lowest BCUT2D eigenvalue weighted by Crippen LogP contribution is -2.13. The van der Waals surface area contributed by atoms with Crippen molar-refractivity contribution in [3.8, 4) is 0 Å². The minimum absolute atomic E-state index is 0.0463. The van der Waals surface area contributed by atoms with Gasteiger partial charge in [0.25, 0.3) is 0 Å². The maximum atomic E-state index is 11.6. The van der Waals surface area contributed by atoms with Gasteiger partial charge in [0.05, 0.1) is 5.56 Å². The number of rotatable bonds is 5. The van der Waals surface area contributed by atoms with E-state index in [-0.39, 0.29) is 18.5 Å². The Hall–Kier alpha value is -2.21. The summed E-state index contributed by atoms with van der Waals surface area (Å²) in [6.45, 7) is 0.314. The first-order valence-corrected chi connectivity index (χ1v) is 8.20. The maximum absolute atomic E-state index is 11.6. The summed E-state index contributed by atoms with van der Waals surface area (Å²) in [5.41, 5.74) is 1.57. The molecule has 2 atom stereocenters. The standard InChI is InChI=1S/C14H12O2.C6H12O3/c15-14(13-9-5-2-6-10-13)16-11-12-7-3-1-4-8-12;1-7-5-3-4-6(8-2)9-5/h1-10H,11H2;5-6H,3-4H2,1-2H3. The lowest BCUT2D eigenvalue weighted by atomic mass is 10.2. The van der Waals surface area contributed by atoms with Gasteiger partial charge in [0.1, 0.15) is 6.61 Å². The van der Waals surface area contributed by atoms with Crippen LogP contribution in [-0.4, -0.2) is 32.8 Å². The van der Waals surface area contributed by atoms with Gasteiger partial charge in [-0.25, -0.2) is 4.79 Å². The summed E-state index contributed by atoms with van der Waals surface area (Å²) in [7, 11) is 3.28. The molecule has 1 heterocycles. The molecule has 1 fully saturated rings. The van der Waals surface area contributed by atoms with Gasteiger partial charge in [0.2, 0.25) is 0 Å². The third-order valence-corrected chi connectivity index (χ3v) is 3.69. The smallest absolute Gasteiger partial charge is 0.338 e. The first-order chi connectivity index (χ1) is 12.2. The number of esters is 1. The number of benzene rings is 2. The monoisotopic (exact) mass is 344 g/mol. The Kier molecular flexibility index (Phi) is 8.12. The van der Waals surface area contributed by atoms with Gasteiger partial charge in [-0.1, -0.05) is 48.5 Å². The summed E-state index contributed by atoms with van der Waals surface area (Å²) in [6, 6.07) is 18.6. The Morgan fingerprint density at radius 2 is 1.44 bits per heavy atom. The molecule has 5 heteroatoms. The van der Waals surface area contributed by atoms with Crippen LogP contribution >= 0.6 is 0 Å². The van der Waals surface area contributed by atoms with Gasteiger partial charge in [-0.15, -0.1) is 0 Å². The second-order valence-corrected chi connectivity index (χ2v) is 5.47. The normalized spacial score (nSPS) is 19.0. The first kappa shape index (κ1) is 19.1. The molecule has 5 nitrogen and oxygen atoms in total. The molecular formula is C20H24O5. The van der Waals surface area contributed by atoms with Gasteiger partial charge in [0.15, 0.2) is 12.6 Å². The van der Waals surface area contributed by atoms with Crippen LogP contribution in [-0.2, 0) is 25.6 Å². The second kappa shape index (κ2) is 10.6. The molecule has 0 aromatic heterocycles. The van der Waals surface area contributed by atoms with E-state index in [1.54, 1.807) is 26.4 Å². The molecule has 25 heavy (non-hydrogen) atoms. The van der Waals surface area contributed by atoms with Crippen LogP contribution in [0.15, 0.2) is 60.7 Å². The van der Waals surface area contributed by atoms with E-state index in [1.807, 2.05) is 48.5 Å². The number of methoxy groups -OCH3 is 2. The lowest BCUT2D eigenvalue weighted by molar-refractivity contribution is -0.185. The molecule has 1 saturated heterocycles. The molecule has 1 aliphatic rings. The molecule has 2 aromatic carbocycles. The molecule has 0 N–H and O–H groups in total. The van der Waals surface area contributed by atoms with E-state index in [4.69, 9.17) is 18.9 Å². The summed E-state index contributed by atoms with van der Waals surface area (Å²) in [5, 5.41) is 0. The number of hydrogen-bond donors (Lipinski definition) is 0. The van der Waals surface area contributed by atoms with Crippen LogP contribution < -0.4 is 0 Å². The molecule has 134 valence electrons. The van der Waals surface area contributed by atoms with Gasteiger partial charge in [-0.05, 0) is 17.7 Å². The number of carbonyl (C=O) groups is 1.